The molecule has 0 fully saturated rings. The van der Waals surface area contributed by atoms with Gasteiger partial charge in [-0.15, -0.1) is 5.10 Å². The second-order valence-electron chi connectivity index (χ2n) is 8.30. The van der Waals surface area contributed by atoms with Crippen LogP contribution in [0.25, 0.3) is 0 Å². The molecule has 36 heavy (non-hydrogen) atoms. The number of benzene rings is 1. The largest absolute Gasteiger partial charge is 0.485 e. The fourth-order valence-corrected chi connectivity index (χ4v) is 4.83. The summed E-state index contributed by atoms with van der Waals surface area (Å²) in [5.74, 6) is 0.0691. The Morgan fingerprint density at radius 2 is 2.00 bits per heavy atom. The van der Waals surface area contributed by atoms with Crippen LogP contribution < -0.4 is 24.8 Å². The Hall–Kier alpha value is -3.20. The Morgan fingerprint density at radius 1 is 1.31 bits per heavy atom. The van der Waals surface area contributed by atoms with Crippen molar-refractivity contribution in [2.45, 2.75) is 57.0 Å². The zero-order valence-electron chi connectivity index (χ0n) is 20.1. The summed E-state index contributed by atoms with van der Waals surface area (Å²) in [5.41, 5.74) is 3.03. The molecule has 200 valence electrons. The number of sulfonamides is 1. The van der Waals surface area contributed by atoms with Crippen LogP contribution in [0.2, 0.25) is 0 Å². The number of aromatic nitrogens is 2. The molecule has 0 radical (unpaired) electrons. The number of nitrogens with one attached hydrogen (secondary N) is 1. The highest BCUT2D eigenvalue weighted by atomic mass is 32.2. The maximum atomic E-state index is 13.7. The van der Waals surface area contributed by atoms with Crippen LogP contribution in [-0.2, 0) is 21.3 Å². The number of carbonyl (C=O) groups is 1. The first-order valence-electron chi connectivity index (χ1n) is 11.0. The minimum atomic E-state index is -4.79. The lowest BCUT2D eigenvalue weighted by molar-refractivity contribution is -0.242. The highest BCUT2D eigenvalue weighted by Gasteiger charge is 2.51. The van der Waals surface area contributed by atoms with Gasteiger partial charge in [-0.1, -0.05) is 0 Å². The van der Waals surface area contributed by atoms with Gasteiger partial charge in [-0.25, -0.2) is 13.2 Å². The summed E-state index contributed by atoms with van der Waals surface area (Å²) >= 11 is 0. The fraction of sp³-hybridized carbons (Fsp3) is 0.524. The van der Waals surface area contributed by atoms with E-state index < -0.39 is 34.0 Å². The van der Waals surface area contributed by atoms with Gasteiger partial charge in [0.25, 0.3) is 15.9 Å². The topological polar surface area (TPSA) is 138 Å². The van der Waals surface area contributed by atoms with Gasteiger partial charge in [0.1, 0.15) is 11.9 Å². The summed E-state index contributed by atoms with van der Waals surface area (Å²) in [5, 5.41) is 6.35. The van der Waals surface area contributed by atoms with Gasteiger partial charge in [-0.3, -0.25) is 14.3 Å². The number of nitrogens with two attached hydrogens (primary N) is 1. The van der Waals surface area contributed by atoms with Gasteiger partial charge in [0.05, 0.1) is 18.8 Å². The second kappa shape index (κ2) is 10.0. The van der Waals surface area contributed by atoms with E-state index in [1.165, 1.54) is 29.1 Å². The molecule has 0 saturated heterocycles. The Bertz CT molecular complexity index is 1220. The summed E-state index contributed by atoms with van der Waals surface area (Å²) in [6, 6.07) is 3.97. The minimum Gasteiger partial charge on any atom is -0.485 e. The zero-order valence-corrected chi connectivity index (χ0v) is 20.9. The monoisotopic (exact) mass is 535 g/mol. The van der Waals surface area contributed by atoms with Crippen LogP contribution in [0.5, 0.6) is 11.6 Å². The predicted molar refractivity (Wildman–Crippen MR) is 124 cm³/mol. The molecule has 1 amide bonds. The lowest BCUT2D eigenvalue weighted by atomic mass is 10.1. The number of ether oxygens (including phenoxy) is 3. The highest BCUT2D eigenvalue weighted by molar-refractivity contribution is 7.93. The number of rotatable bonds is 8. The second-order valence-corrected chi connectivity index (χ2v) is 10.1. The third kappa shape index (κ3) is 5.46. The van der Waals surface area contributed by atoms with Gasteiger partial charge < -0.3 is 19.9 Å². The molecule has 3 N–H and O–H groups in total. The van der Waals surface area contributed by atoms with Crippen molar-refractivity contribution >= 4 is 27.5 Å². The number of alkyl halides is 3. The van der Waals surface area contributed by atoms with Crippen molar-refractivity contribution in [3.05, 3.63) is 24.4 Å². The molecule has 1 aliphatic rings. The maximum absolute atomic E-state index is 13.7. The fourth-order valence-electron chi connectivity index (χ4n) is 3.25. The van der Waals surface area contributed by atoms with Crippen LogP contribution in [0.3, 0.4) is 0 Å². The van der Waals surface area contributed by atoms with Gasteiger partial charge >= 0.3 is 12.3 Å². The zero-order chi connectivity index (χ0) is 26.9. The first kappa shape index (κ1) is 27.4. The quantitative estimate of drug-likeness (QED) is 0.526. The number of hydrogen-bond donors (Lipinski definition) is 2. The third-order valence-electron chi connectivity index (χ3n) is 5.30. The molecule has 1 atom stereocenters. The molecule has 11 nitrogen and oxygen atoms in total. The molecule has 3 rings (SSSR count). The van der Waals surface area contributed by atoms with Crippen molar-refractivity contribution in [2.75, 3.05) is 29.3 Å². The van der Waals surface area contributed by atoms with E-state index in [1.54, 1.807) is 13.8 Å². The summed E-state index contributed by atoms with van der Waals surface area (Å²) in [6.07, 6.45) is -5.50. The predicted octanol–water partition coefficient (Wildman–Crippen LogP) is 3.11. The van der Waals surface area contributed by atoms with E-state index in [4.69, 9.17) is 15.2 Å². The van der Waals surface area contributed by atoms with E-state index in [1.807, 2.05) is 0 Å². The maximum Gasteiger partial charge on any atom is 0.427 e. The van der Waals surface area contributed by atoms with Crippen molar-refractivity contribution in [1.29, 1.82) is 0 Å². The van der Waals surface area contributed by atoms with Gasteiger partial charge in [-0.05, 0) is 45.9 Å². The van der Waals surface area contributed by atoms with Crippen LogP contribution in [0.15, 0.2) is 29.3 Å². The van der Waals surface area contributed by atoms with E-state index in [2.05, 4.69) is 15.2 Å². The summed E-state index contributed by atoms with van der Waals surface area (Å²) in [6.45, 7) is 5.31. The van der Waals surface area contributed by atoms with Crippen molar-refractivity contribution in [2.24, 2.45) is 5.73 Å². The third-order valence-corrected chi connectivity index (χ3v) is 7.06. The van der Waals surface area contributed by atoms with Crippen molar-refractivity contribution < 1.29 is 40.6 Å². The molecular formula is C21H28F3N5O6S. The van der Waals surface area contributed by atoms with Crippen LogP contribution >= 0.6 is 0 Å². The van der Waals surface area contributed by atoms with Gasteiger partial charge in [0.15, 0.2) is 4.90 Å². The van der Waals surface area contributed by atoms with Gasteiger partial charge in [0, 0.05) is 25.0 Å². The van der Waals surface area contributed by atoms with Crippen molar-refractivity contribution in [3.63, 3.8) is 0 Å². The van der Waals surface area contributed by atoms with Gasteiger partial charge in [-0.2, -0.15) is 13.2 Å². The Balaban J connectivity index is 1.99. The van der Waals surface area contributed by atoms with E-state index in [-0.39, 0.29) is 47.6 Å². The molecule has 1 aliphatic heterocycles. The van der Waals surface area contributed by atoms with Crippen LogP contribution in [0.4, 0.5) is 29.3 Å². The molecule has 2 aromatic rings. The number of anilines is 2. The molecule has 15 heteroatoms. The first-order chi connectivity index (χ1) is 16.7. The average molecular weight is 536 g/mol. The number of nitrogens with zero attached hydrogens (tertiary/aromatic N) is 3. The SMILES string of the molecule is CCOc1nn(CC)cc1S(=O)(=O)N1C[C@H](CN)Oc2ccc(NC(=O)OC(C)(C)C(F)(F)F)cc21. The number of aryl methyl sites for hydroxylation is 1. The number of hydrogen-bond acceptors (Lipinski definition) is 8. The molecule has 2 heterocycles. The Kier molecular flexibility index (Phi) is 7.64. The van der Waals surface area contributed by atoms with Crippen molar-refractivity contribution in [1.82, 2.24) is 9.78 Å². The number of amides is 1. The average Bonchev–Trinajstić information content (AvgIpc) is 3.21. The Labute approximate surface area is 206 Å². The number of fused-ring (bicyclic) bond motifs is 1. The number of halogens is 3. The van der Waals surface area contributed by atoms with Crippen LogP contribution in [0, 0.1) is 0 Å². The van der Waals surface area contributed by atoms with E-state index in [0.29, 0.717) is 20.4 Å². The smallest absolute Gasteiger partial charge is 0.427 e. The molecule has 0 saturated carbocycles. The van der Waals surface area contributed by atoms with E-state index in [9.17, 15) is 26.4 Å². The van der Waals surface area contributed by atoms with Crippen LogP contribution in [-0.4, -0.2) is 61.9 Å². The van der Waals surface area contributed by atoms with Crippen molar-refractivity contribution in [3.8, 4) is 11.6 Å². The standard InChI is InChI=1S/C21H28F3N5O6S/c1-5-28-12-17(18(27-28)33-6-2)36(31,32)29-11-14(10-25)34-16-8-7-13(9-15(16)29)26-19(30)35-20(3,4)21(22,23)24/h7-9,12,14H,5-6,10-11,25H2,1-4H3,(H,26,30)/t14-/m0/s1. The van der Waals surface area contributed by atoms with E-state index >= 15 is 0 Å². The highest BCUT2D eigenvalue weighted by Crippen LogP contribution is 2.40. The lowest BCUT2D eigenvalue weighted by Gasteiger charge is -2.35. The summed E-state index contributed by atoms with van der Waals surface area (Å²) in [7, 11) is -4.26. The first-order valence-corrected chi connectivity index (χ1v) is 12.5. The summed E-state index contributed by atoms with van der Waals surface area (Å²) in [4.78, 5) is 12.0. The van der Waals surface area contributed by atoms with E-state index in [0.717, 1.165) is 4.31 Å². The molecule has 0 spiro atoms. The van der Waals surface area contributed by atoms with Gasteiger partial charge in [0.2, 0.25) is 5.60 Å². The normalized spacial score (nSPS) is 16.2. The molecule has 0 unspecified atom stereocenters. The molecular weight excluding hydrogens is 507 g/mol. The minimum absolute atomic E-state index is 0.0108. The molecule has 0 aliphatic carbocycles. The van der Waals surface area contributed by atoms with Crippen LogP contribution in [0.1, 0.15) is 27.7 Å². The Morgan fingerprint density at radius 3 is 2.58 bits per heavy atom. The molecule has 0 bridgehead atoms. The molecule has 1 aromatic carbocycles. The molecule has 1 aromatic heterocycles. The summed E-state index contributed by atoms with van der Waals surface area (Å²) < 4.78 is 84.8. The lowest BCUT2D eigenvalue weighted by Crippen LogP contribution is -2.46. The number of carbonyl (C=O) groups excluding carboxylic acids is 1.